The number of amides is 2. The number of carbonyl (C=O) groups is 2. The molecule has 160 valence electrons. The molecule has 0 aliphatic carbocycles. The summed E-state index contributed by atoms with van der Waals surface area (Å²) in [7, 11) is -8.54. The van der Waals surface area contributed by atoms with Gasteiger partial charge in [0.2, 0.25) is 0 Å². The Morgan fingerprint density at radius 3 is 1.20 bits per heavy atom. The first-order valence-corrected chi connectivity index (χ1v) is 12.3. The second-order valence-corrected chi connectivity index (χ2v) is 10.5. The minimum atomic E-state index is -4.27. The highest BCUT2D eigenvalue weighted by Crippen LogP contribution is 2.24. The molecule has 0 bridgehead atoms. The maximum absolute atomic E-state index is 12.8. The minimum absolute atomic E-state index is 0.132. The molecule has 0 unspecified atom stereocenters. The number of piperazine rings is 1. The van der Waals surface area contributed by atoms with E-state index in [2.05, 4.69) is 0 Å². The van der Waals surface area contributed by atoms with E-state index in [9.17, 15) is 26.4 Å². The largest absolute Gasteiger partial charge is 0.272 e. The van der Waals surface area contributed by atoms with Crippen molar-refractivity contribution in [3.05, 3.63) is 59.7 Å². The monoisotopic (exact) mass is 450 g/mol. The van der Waals surface area contributed by atoms with Crippen LogP contribution < -0.4 is 0 Å². The van der Waals surface area contributed by atoms with Crippen LogP contribution in [0.5, 0.6) is 0 Å². The lowest BCUT2D eigenvalue weighted by molar-refractivity contribution is -0.141. The number of benzene rings is 2. The number of hydrogen-bond donors (Lipinski definition) is 0. The molecule has 0 radical (unpaired) electrons. The van der Waals surface area contributed by atoms with Crippen molar-refractivity contribution in [1.82, 2.24) is 8.61 Å². The summed E-state index contributed by atoms with van der Waals surface area (Å²) in [5, 5.41) is 0. The molecule has 1 fully saturated rings. The highest BCUT2D eigenvalue weighted by Gasteiger charge is 2.42. The van der Waals surface area contributed by atoms with Gasteiger partial charge < -0.3 is 0 Å². The first-order valence-electron chi connectivity index (χ1n) is 9.40. The number of carbonyl (C=O) groups excluding carboxylic acids is 2. The van der Waals surface area contributed by atoms with Gasteiger partial charge in [-0.3, -0.25) is 9.59 Å². The van der Waals surface area contributed by atoms with Gasteiger partial charge in [-0.2, -0.15) is 0 Å². The van der Waals surface area contributed by atoms with Crippen LogP contribution in [0.15, 0.2) is 58.3 Å². The lowest BCUT2D eigenvalue weighted by atomic mass is 10.2. The smallest absolute Gasteiger partial charge is 0.267 e. The minimum Gasteiger partial charge on any atom is -0.272 e. The molecule has 1 heterocycles. The van der Waals surface area contributed by atoms with E-state index in [0.717, 1.165) is 11.1 Å². The SMILES string of the molecule is CCc1ccc(S(=O)(=O)N2CC(=O)N(S(=O)(=O)c3ccc(CC)cc3)CC2=O)cc1. The predicted molar refractivity (Wildman–Crippen MR) is 109 cm³/mol. The fourth-order valence-electron chi connectivity index (χ4n) is 3.07. The van der Waals surface area contributed by atoms with E-state index < -0.39 is 45.0 Å². The van der Waals surface area contributed by atoms with Gasteiger partial charge in [0, 0.05) is 0 Å². The molecular formula is C20H22N2O6S2. The average molecular weight is 451 g/mol. The van der Waals surface area contributed by atoms with Gasteiger partial charge in [-0.1, -0.05) is 38.1 Å². The van der Waals surface area contributed by atoms with Crippen LogP contribution in [-0.2, 0) is 42.5 Å². The Morgan fingerprint density at radius 2 is 0.933 bits per heavy atom. The predicted octanol–water partition coefficient (Wildman–Crippen LogP) is 1.56. The van der Waals surface area contributed by atoms with Gasteiger partial charge in [0.05, 0.1) is 9.79 Å². The molecule has 1 aliphatic rings. The maximum atomic E-state index is 12.8. The fourth-order valence-corrected chi connectivity index (χ4v) is 5.75. The lowest BCUT2D eigenvalue weighted by Crippen LogP contribution is -2.56. The molecule has 1 aliphatic heterocycles. The molecule has 0 aromatic heterocycles. The zero-order valence-corrected chi connectivity index (χ0v) is 18.2. The Balaban J connectivity index is 1.87. The van der Waals surface area contributed by atoms with Gasteiger partial charge in [0.1, 0.15) is 13.1 Å². The van der Waals surface area contributed by atoms with Crippen molar-refractivity contribution >= 4 is 31.9 Å². The fraction of sp³-hybridized carbons (Fsp3) is 0.300. The summed E-state index contributed by atoms with van der Waals surface area (Å²) in [5.74, 6) is -1.97. The van der Waals surface area contributed by atoms with E-state index in [-0.39, 0.29) is 9.79 Å². The average Bonchev–Trinajstić information content (AvgIpc) is 2.74. The van der Waals surface area contributed by atoms with Crippen LogP contribution in [-0.4, -0.2) is 50.3 Å². The molecule has 3 rings (SSSR count). The molecule has 2 aromatic rings. The van der Waals surface area contributed by atoms with Crippen LogP contribution in [0.1, 0.15) is 25.0 Å². The van der Waals surface area contributed by atoms with Crippen LogP contribution >= 0.6 is 0 Å². The van der Waals surface area contributed by atoms with E-state index in [0.29, 0.717) is 21.5 Å². The standard InChI is InChI=1S/C20H22N2O6S2/c1-3-15-5-9-17(10-6-15)29(25,26)21-13-20(24)22(14-19(21)23)30(27,28)18-11-7-16(4-2)8-12-18/h5-12H,3-4,13-14H2,1-2H3. The van der Waals surface area contributed by atoms with Gasteiger partial charge in [0.15, 0.2) is 0 Å². The molecule has 0 N–H and O–H groups in total. The number of aryl methyl sites for hydroxylation is 2. The highest BCUT2D eigenvalue weighted by atomic mass is 32.2. The van der Waals surface area contributed by atoms with Gasteiger partial charge >= 0.3 is 0 Å². The van der Waals surface area contributed by atoms with E-state index in [1.165, 1.54) is 24.3 Å². The Kier molecular flexibility index (Phi) is 6.00. The van der Waals surface area contributed by atoms with E-state index >= 15 is 0 Å². The van der Waals surface area contributed by atoms with Crippen LogP contribution in [0.3, 0.4) is 0 Å². The Bertz CT molecular complexity index is 1080. The van der Waals surface area contributed by atoms with Crippen molar-refractivity contribution in [3.63, 3.8) is 0 Å². The topological polar surface area (TPSA) is 109 Å². The Labute approximate surface area is 176 Å². The summed E-state index contributed by atoms with van der Waals surface area (Å²) in [6, 6.07) is 12.0. The summed E-state index contributed by atoms with van der Waals surface area (Å²) < 4.78 is 52.2. The first-order chi connectivity index (χ1) is 14.1. The molecule has 0 saturated carbocycles. The molecule has 8 nitrogen and oxygen atoms in total. The number of rotatable bonds is 6. The van der Waals surface area contributed by atoms with Crippen LogP contribution in [0.25, 0.3) is 0 Å². The molecule has 0 spiro atoms. The van der Waals surface area contributed by atoms with Crippen molar-refractivity contribution < 1.29 is 26.4 Å². The zero-order chi connectivity index (χ0) is 22.1. The number of nitrogens with zero attached hydrogens (tertiary/aromatic N) is 2. The maximum Gasteiger partial charge on any atom is 0.267 e. The number of sulfonamides is 2. The molecular weight excluding hydrogens is 428 g/mol. The Morgan fingerprint density at radius 1 is 0.633 bits per heavy atom. The van der Waals surface area contributed by atoms with Crippen LogP contribution in [0.4, 0.5) is 0 Å². The second kappa shape index (κ2) is 8.19. The molecule has 0 atom stereocenters. The zero-order valence-electron chi connectivity index (χ0n) is 16.6. The van der Waals surface area contributed by atoms with Crippen molar-refractivity contribution in [1.29, 1.82) is 0 Å². The summed E-state index contributed by atoms with van der Waals surface area (Å²) in [6.45, 7) is 2.09. The summed E-state index contributed by atoms with van der Waals surface area (Å²) in [6.07, 6.45) is 1.43. The molecule has 2 aromatic carbocycles. The third-order valence-corrected chi connectivity index (χ3v) is 8.52. The van der Waals surface area contributed by atoms with Gasteiger partial charge in [0.25, 0.3) is 31.9 Å². The number of hydrogen-bond acceptors (Lipinski definition) is 6. The van der Waals surface area contributed by atoms with Crippen molar-refractivity contribution in [3.8, 4) is 0 Å². The third-order valence-electron chi connectivity index (χ3n) is 4.95. The van der Waals surface area contributed by atoms with E-state index in [4.69, 9.17) is 0 Å². The first kappa shape index (κ1) is 22.0. The highest BCUT2D eigenvalue weighted by molar-refractivity contribution is 7.90. The van der Waals surface area contributed by atoms with Gasteiger partial charge in [-0.15, -0.1) is 0 Å². The Hall–Kier alpha value is -2.72. The van der Waals surface area contributed by atoms with Crippen LogP contribution in [0, 0.1) is 0 Å². The molecule has 2 amide bonds. The van der Waals surface area contributed by atoms with Crippen LogP contribution in [0.2, 0.25) is 0 Å². The van der Waals surface area contributed by atoms with Crippen molar-refractivity contribution in [2.45, 2.75) is 36.5 Å². The molecule has 30 heavy (non-hydrogen) atoms. The summed E-state index contributed by atoms with van der Waals surface area (Å²) >= 11 is 0. The third kappa shape index (κ3) is 3.97. The quantitative estimate of drug-likeness (QED) is 0.661. The van der Waals surface area contributed by atoms with Gasteiger partial charge in [-0.05, 0) is 48.2 Å². The summed E-state index contributed by atoms with van der Waals surface area (Å²) in [5.41, 5.74) is 1.84. The lowest BCUT2D eigenvalue weighted by Gasteiger charge is -2.32. The normalized spacial score (nSPS) is 15.5. The van der Waals surface area contributed by atoms with Gasteiger partial charge in [-0.25, -0.2) is 25.4 Å². The van der Waals surface area contributed by atoms with Crippen molar-refractivity contribution in [2.75, 3.05) is 13.1 Å². The molecule has 1 saturated heterocycles. The molecule has 10 heteroatoms. The van der Waals surface area contributed by atoms with Crippen molar-refractivity contribution in [2.24, 2.45) is 0 Å². The van der Waals surface area contributed by atoms with E-state index in [1.807, 2.05) is 13.8 Å². The second-order valence-electron chi connectivity index (χ2n) is 6.81. The van der Waals surface area contributed by atoms with E-state index in [1.54, 1.807) is 24.3 Å². The summed E-state index contributed by atoms with van der Waals surface area (Å²) in [4.78, 5) is 24.9.